The van der Waals surface area contributed by atoms with Gasteiger partial charge in [0.2, 0.25) is 10.0 Å². The Kier molecular flexibility index (Phi) is 8.26. The number of piperidine rings is 1. The molecular weight excluding hydrogens is 418 g/mol. The highest BCUT2D eigenvalue weighted by molar-refractivity contribution is 7.91. The van der Waals surface area contributed by atoms with Crippen LogP contribution in [0.25, 0.3) is 0 Å². The molecule has 2 unspecified atom stereocenters. The van der Waals surface area contributed by atoms with E-state index in [1.807, 2.05) is 0 Å². The van der Waals surface area contributed by atoms with Crippen LogP contribution >= 0.6 is 11.3 Å². The lowest BCUT2D eigenvalue weighted by Gasteiger charge is -2.38. The molecule has 0 radical (unpaired) electrons. The van der Waals surface area contributed by atoms with E-state index in [0.29, 0.717) is 35.3 Å². The Morgan fingerprint density at radius 3 is 2.67 bits per heavy atom. The van der Waals surface area contributed by atoms with Crippen LogP contribution in [0.2, 0.25) is 0 Å². The maximum absolute atomic E-state index is 12.1. The smallest absolute Gasteiger partial charge is 0.250 e. The van der Waals surface area contributed by atoms with Crippen molar-refractivity contribution in [2.45, 2.75) is 42.6 Å². The fourth-order valence-electron chi connectivity index (χ4n) is 3.65. The minimum atomic E-state index is -3.43. The highest BCUT2D eigenvalue weighted by atomic mass is 32.2. The molecule has 1 saturated heterocycles. The van der Waals surface area contributed by atoms with E-state index in [1.54, 1.807) is 24.6 Å². The van der Waals surface area contributed by atoms with Crippen molar-refractivity contribution in [2.24, 2.45) is 4.99 Å². The normalized spacial score (nSPS) is 20.8. The maximum atomic E-state index is 12.1. The van der Waals surface area contributed by atoms with Crippen LogP contribution in [0.1, 0.15) is 25.3 Å². The lowest BCUT2D eigenvalue weighted by Crippen LogP contribution is -2.51. The molecule has 0 amide bonds. The second-order valence-electron chi connectivity index (χ2n) is 7.50. The summed E-state index contributed by atoms with van der Waals surface area (Å²) < 4.78 is 27.2. The molecule has 1 aromatic carbocycles. The van der Waals surface area contributed by atoms with Crippen LogP contribution in [0.4, 0.5) is 0 Å². The summed E-state index contributed by atoms with van der Waals surface area (Å²) >= 11 is 1.21. The second-order valence-corrected chi connectivity index (χ2v) is 10.4. The number of sulfonamides is 1. The molecule has 2 atom stereocenters. The Labute approximate surface area is 183 Å². The number of likely N-dealkylation sites (tertiary alicyclic amines) is 1. The standard InChI is InChI=1S/C21H31N5O2S2/c1-17-15-19(10-13-26(17)16-18-7-4-3-5-8-18)25-21(22-2)23-11-12-24-30(27,28)20-9-6-14-29-20/h3-9,14,17,19,24H,10-13,15-16H2,1-2H3,(H2,22,23,25). The van der Waals surface area contributed by atoms with Crippen molar-refractivity contribution in [3.05, 3.63) is 53.4 Å². The zero-order valence-corrected chi connectivity index (χ0v) is 19.2. The Balaban J connectivity index is 1.40. The summed E-state index contributed by atoms with van der Waals surface area (Å²) in [4.78, 5) is 6.80. The minimum absolute atomic E-state index is 0.298. The van der Waals surface area contributed by atoms with Gasteiger partial charge in [-0.15, -0.1) is 11.3 Å². The average molecular weight is 450 g/mol. The fraction of sp³-hybridized carbons (Fsp3) is 0.476. The molecule has 30 heavy (non-hydrogen) atoms. The molecule has 164 valence electrons. The van der Waals surface area contributed by atoms with E-state index < -0.39 is 10.0 Å². The number of rotatable bonds is 8. The predicted octanol–water partition coefficient (Wildman–Crippen LogP) is 2.24. The first-order valence-corrected chi connectivity index (χ1v) is 12.6. The van der Waals surface area contributed by atoms with Crippen molar-refractivity contribution >= 4 is 27.3 Å². The van der Waals surface area contributed by atoms with Gasteiger partial charge >= 0.3 is 0 Å². The number of nitrogens with one attached hydrogen (secondary N) is 3. The number of benzene rings is 1. The molecule has 1 aromatic heterocycles. The van der Waals surface area contributed by atoms with Gasteiger partial charge in [-0.1, -0.05) is 36.4 Å². The summed E-state index contributed by atoms with van der Waals surface area (Å²) in [5.41, 5.74) is 1.35. The molecule has 2 aromatic rings. The molecule has 7 nitrogen and oxygen atoms in total. The van der Waals surface area contributed by atoms with Gasteiger partial charge in [0.15, 0.2) is 5.96 Å². The fourth-order valence-corrected chi connectivity index (χ4v) is 5.72. The number of nitrogens with zero attached hydrogens (tertiary/aromatic N) is 2. The van der Waals surface area contributed by atoms with Gasteiger partial charge in [-0.25, -0.2) is 13.1 Å². The minimum Gasteiger partial charge on any atom is -0.355 e. The zero-order valence-electron chi connectivity index (χ0n) is 17.5. The molecule has 1 fully saturated rings. The van der Waals surface area contributed by atoms with E-state index in [9.17, 15) is 8.42 Å². The van der Waals surface area contributed by atoms with Gasteiger partial charge in [-0.3, -0.25) is 9.89 Å². The molecule has 0 saturated carbocycles. The number of hydrogen-bond donors (Lipinski definition) is 3. The van der Waals surface area contributed by atoms with Crippen LogP contribution in [0.5, 0.6) is 0 Å². The van der Waals surface area contributed by atoms with Crippen LogP contribution in [-0.2, 0) is 16.6 Å². The SMILES string of the molecule is CN=C(NCCNS(=O)(=O)c1cccs1)NC1CCN(Cc2ccccc2)C(C)C1. The summed E-state index contributed by atoms with van der Waals surface area (Å²) in [6.45, 7) is 5.04. The molecule has 0 bridgehead atoms. The van der Waals surface area contributed by atoms with Crippen molar-refractivity contribution in [1.82, 2.24) is 20.3 Å². The van der Waals surface area contributed by atoms with Gasteiger partial charge in [0.25, 0.3) is 0 Å². The second kappa shape index (κ2) is 10.9. The van der Waals surface area contributed by atoms with E-state index >= 15 is 0 Å². The number of thiophene rings is 1. The number of hydrogen-bond acceptors (Lipinski definition) is 5. The monoisotopic (exact) mass is 449 g/mol. The molecule has 2 heterocycles. The molecule has 1 aliphatic rings. The largest absolute Gasteiger partial charge is 0.355 e. The lowest BCUT2D eigenvalue weighted by atomic mass is 9.97. The Bertz CT molecular complexity index is 901. The van der Waals surface area contributed by atoms with E-state index in [4.69, 9.17) is 0 Å². The van der Waals surface area contributed by atoms with Gasteiger partial charge in [-0.05, 0) is 36.8 Å². The zero-order chi connectivity index (χ0) is 21.4. The molecule has 1 aliphatic heterocycles. The Morgan fingerprint density at radius 1 is 1.20 bits per heavy atom. The summed E-state index contributed by atoms with van der Waals surface area (Å²) in [6, 6.07) is 14.7. The first-order valence-electron chi connectivity index (χ1n) is 10.3. The van der Waals surface area contributed by atoms with Crippen LogP contribution in [0.3, 0.4) is 0 Å². The van der Waals surface area contributed by atoms with E-state index in [0.717, 1.165) is 25.9 Å². The average Bonchev–Trinajstić information content (AvgIpc) is 3.29. The van der Waals surface area contributed by atoms with E-state index in [1.165, 1.54) is 16.9 Å². The summed E-state index contributed by atoms with van der Waals surface area (Å²) in [5.74, 6) is 0.707. The highest BCUT2D eigenvalue weighted by Crippen LogP contribution is 2.20. The van der Waals surface area contributed by atoms with E-state index in [-0.39, 0.29) is 0 Å². The van der Waals surface area contributed by atoms with Crippen molar-refractivity contribution < 1.29 is 8.42 Å². The van der Waals surface area contributed by atoms with Gasteiger partial charge in [0.1, 0.15) is 4.21 Å². The molecule has 3 N–H and O–H groups in total. The van der Waals surface area contributed by atoms with Crippen molar-refractivity contribution in [2.75, 3.05) is 26.7 Å². The lowest BCUT2D eigenvalue weighted by molar-refractivity contribution is 0.134. The summed E-state index contributed by atoms with van der Waals surface area (Å²) in [6.07, 6.45) is 2.08. The van der Waals surface area contributed by atoms with Gasteiger partial charge < -0.3 is 10.6 Å². The van der Waals surface area contributed by atoms with Crippen LogP contribution in [-0.4, -0.2) is 58.0 Å². The molecule has 9 heteroatoms. The summed E-state index contributed by atoms with van der Waals surface area (Å²) in [7, 11) is -1.69. The third-order valence-corrected chi connectivity index (χ3v) is 8.13. The third kappa shape index (κ3) is 6.53. The summed E-state index contributed by atoms with van der Waals surface area (Å²) in [5, 5.41) is 8.44. The van der Waals surface area contributed by atoms with Crippen molar-refractivity contribution in [3.63, 3.8) is 0 Å². The van der Waals surface area contributed by atoms with Gasteiger partial charge in [0.05, 0.1) is 0 Å². The number of guanidine groups is 1. The van der Waals surface area contributed by atoms with Crippen LogP contribution in [0.15, 0.2) is 57.0 Å². The van der Waals surface area contributed by atoms with Crippen LogP contribution < -0.4 is 15.4 Å². The molecule has 0 spiro atoms. The molecular formula is C21H31N5O2S2. The predicted molar refractivity (Wildman–Crippen MR) is 123 cm³/mol. The topological polar surface area (TPSA) is 85.8 Å². The van der Waals surface area contributed by atoms with Crippen molar-refractivity contribution in [1.29, 1.82) is 0 Å². The molecule has 3 rings (SSSR count). The van der Waals surface area contributed by atoms with Crippen LogP contribution in [0, 0.1) is 0 Å². The first kappa shape index (κ1) is 22.7. The first-order chi connectivity index (χ1) is 14.5. The van der Waals surface area contributed by atoms with Gasteiger partial charge in [-0.2, -0.15) is 0 Å². The van der Waals surface area contributed by atoms with E-state index in [2.05, 4.69) is 62.5 Å². The quantitative estimate of drug-likeness (QED) is 0.327. The third-order valence-electron chi connectivity index (χ3n) is 5.28. The Hall–Kier alpha value is -1.94. The molecule has 0 aliphatic carbocycles. The maximum Gasteiger partial charge on any atom is 0.250 e. The Morgan fingerprint density at radius 2 is 2.00 bits per heavy atom. The van der Waals surface area contributed by atoms with Crippen molar-refractivity contribution in [3.8, 4) is 0 Å². The van der Waals surface area contributed by atoms with Gasteiger partial charge in [0, 0.05) is 45.3 Å². The highest BCUT2D eigenvalue weighted by Gasteiger charge is 2.26. The number of aliphatic imine (C=N–C) groups is 1.